The molecule has 4 heteroatoms. The van der Waals surface area contributed by atoms with E-state index in [1.54, 1.807) is 6.07 Å². The Morgan fingerprint density at radius 3 is 1.62 bits per heavy atom. The summed E-state index contributed by atoms with van der Waals surface area (Å²) in [6, 6.07) is 52.7. The first-order chi connectivity index (χ1) is 20.8. The zero-order chi connectivity index (χ0) is 28.5. The van der Waals surface area contributed by atoms with Crippen LogP contribution in [-0.2, 0) is 5.41 Å². The zero-order valence-corrected chi connectivity index (χ0v) is 22.6. The molecule has 42 heavy (non-hydrogen) atoms. The molecule has 0 bridgehead atoms. The Kier molecular flexibility index (Phi) is 6.08. The Morgan fingerprint density at radius 2 is 1.10 bits per heavy atom. The van der Waals surface area contributed by atoms with Gasteiger partial charge in [-0.2, -0.15) is 10.5 Å². The number of fused-ring (bicyclic) bond motifs is 2. The van der Waals surface area contributed by atoms with E-state index in [2.05, 4.69) is 143 Å². The molecular formula is C38H24N4. The molecule has 1 aliphatic heterocycles. The molecule has 0 fully saturated rings. The summed E-state index contributed by atoms with van der Waals surface area (Å²) in [6.45, 7) is 0. The summed E-state index contributed by atoms with van der Waals surface area (Å²) in [5.74, 6) is 0. The summed E-state index contributed by atoms with van der Waals surface area (Å²) in [5.41, 5.74) is 9.65. The van der Waals surface area contributed by atoms with Gasteiger partial charge in [0.15, 0.2) is 0 Å². The Bertz CT molecular complexity index is 1910. The molecule has 0 unspecified atom stereocenters. The van der Waals surface area contributed by atoms with Crippen molar-refractivity contribution in [2.24, 2.45) is 0 Å². The molecule has 0 saturated carbocycles. The van der Waals surface area contributed by atoms with Crippen LogP contribution in [0.15, 0.2) is 146 Å². The third-order valence-electron chi connectivity index (χ3n) is 8.05. The predicted octanol–water partition coefficient (Wildman–Crippen LogP) is 8.66. The molecule has 0 N–H and O–H groups in total. The normalized spacial score (nSPS) is 12.9. The van der Waals surface area contributed by atoms with Crippen molar-refractivity contribution in [1.29, 1.82) is 10.5 Å². The first-order valence-corrected chi connectivity index (χ1v) is 13.8. The molecule has 0 aliphatic carbocycles. The lowest BCUT2D eigenvalue weighted by Gasteiger charge is -2.46. The number of anilines is 3. The fraction of sp³-hybridized carbons (Fsp3) is 0.0263. The van der Waals surface area contributed by atoms with Crippen LogP contribution < -0.4 is 4.90 Å². The highest BCUT2D eigenvalue weighted by molar-refractivity contribution is 5.89. The molecular weight excluding hydrogens is 512 g/mol. The van der Waals surface area contributed by atoms with Crippen LogP contribution in [0.1, 0.15) is 33.4 Å². The topological polar surface area (TPSA) is 63.7 Å². The third kappa shape index (κ3) is 3.79. The van der Waals surface area contributed by atoms with E-state index in [4.69, 9.17) is 0 Å². The van der Waals surface area contributed by atoms with Crippen LogP contribution in [0.2, 0.25) is 0 Å². The maximum atomic E-state index is 9.71. The van der Waals surface area contributed by atoms with Crippen molar-refractivity contribution in [3.8, 4) is 23.4 Å². The maximum absolute atomic E-state index is 9.71. The van der Waals surface area contributed by atoms with Crippen molar-refractivity contribution in [3.63, 3.8) is 0 Å². The van der Waals surface area contributed by atoms with Crippen LogP contribution in [0.4, 0.5) is 17.1 Å². The number of aromatic nitrogens is 1. The number of rotatable bonds is 4. The smallest absolute Gasteiger partial charge is 0.101 e. The summed E-state index contributed by atoms with van der Waals surface area (Å²) >= 11 is 0. The fourth-order valence-corrected chi connectivity index (χ4v) is 6.30. The van der Waals surface area contributed by atoms with Crippen LogP contribution in [0, 0.1) is 22.7 Å². The minimum atomic E-state index is -0.514. The van der Waals surface area contributed by atoms with Crippen LogP contribution >= 0.6 is 0 Å². The van der Waals surface area contributed by atoms with Crippen molar-refractivity contribution in [3.05, 3.63) is 179 Å². The molecule has 0 atom stereocenters. The van der Waals surface area contributed by atoms with Gasteiger partial charge in [-0.1, -0.05) is 109 Å². The van der Waals surface area contributed by atoms with Gasteiger partial charge in [-0.15, -0.1) is 0 Å². The molecule has 7 rings (SSSR count). The Labute approximate surface area is 245 Å². The largest absolute Gasteiger partial charge is 0.310 e. The van der Waals surface area contributed by atoms with Gasteiger partial charge < -0.3 is 4.90 Å². The molecule has 0 spiro atoms. The van der Waals surface area contributed by atoms with E-state index in [9.17, 15) is 10.5 Å². The number of nitriles is 2. The minimum Gasteiger partial charge on any atom is -0.310 e. The number of hydrogen-bond donors (Lipinski definition) is 0. The van der Waals surface area contributed by atoms with Gasteiger partial charge in [0.1, 0.15) is 12.1 Å². The van der Waals surface area contributed by atoms with Gasteiger partial charge in [0, 0.05) is 17.4 Å². The van der Waals surface area contributed by atoms with Gasteiger partial charge in [-0.05, 0) is 52.6 Å². The molecule has 1 aliphatic rings. The number of benzene rings is 5. The van der Waals surface area contributed by atoms with Crippen LogP contribution in [0.5, 0.6) is 0 Å². The molecule has 0 saturated heterocycles. The van der Waals surface area contributed by atoms with E-state index in [0.717, 1.165) is 22.6 Å². The van der Waals surface area contributed by atoms with E-state index < -0.39 is 5.41 Å². The van der Waals surface area contributed by atoms with Crippen LogP contribution in [0.3, 0.4) is 0 Å². The van der Waals surface area contributed by atoms with Crippen molar-refractivity contribution in [2.75, 3.05) is 4.90 Å². The Morgan fingerprint density at radius 1 is 0.571 bits per heavy atom. The second-order valence-electron chi connectivity index (χ2n) is 10.2. The summed E-state index contributed by atoms with van der Waals surface area (Å²) in [4.78, 5) is 6.75. The van der Waals surface area contributed by atoms with E-state index >= 15 is 0 Å². The predicted molar refractivity (Wildman–Crippen MR) is 166 cm³/mol. The van der Waals surface area contributed by atoms with Gasteiger partial charge >= 0.3 is 0 Å². The molecule has 0 radical (unpaired) electrons. The molecule has 196 valence electrons. The highest BCUT2D eigenvalue weighted by Crippen LogP contribution is 2.57. The van der Waals surface area contributed by atoms with Gasteiger partial charge in [-0.3, -0.25) is 4.98 Å². The third-order valence-corrected chi connectivity index (χ3v) is 8.05. The minimum absolute atomic E-state index is 0.369. The maximum Gasteiger partial charge on any atom is 0.101 e. The molecule has 2 heterocycles. The van der Waals surface area contributed by atoms with Crippen molar-refractivity contribution >= 4 is 17.1 Å². The summed E-state index contributed by atoms with van der Waals surface area (Å²) < 4.78 is 0. The first-order valence-electron chi connectivity index (χ1n) is 13.8. The number of para-hydroxylation sites is 2. The fourth-order valence-electron chi connectivity index (χ4n) is 6.30. The van der Waals surface area contributed by atoms with E-state index in [1.165, 1.54) is 28.5 Å². The van der Waals surface area contributed by atoms with Gasteiger partial charge in [-0.25, -0.2) is 0 Å². The van der Waals surface area contributed by atoms with Gasteiger partial charge in [0.05, 0.1) is 33.6 Å². The SMILES string of the molecule is N#Cc1cnc(-c2ccc(N3c4ccccc4C(c4ccccc4)(c4ccccc4)c4ccccc43)cc2)c(C#N)c1. The highest BCUT2D eigenvalue weighted by Gasteiger charge is 2.46. The second kappa shape index (κ2) is 10.2. The molecule has 1 aromatic heterocycles. The zero-order valence-electron chi connectivity index (χ0n) is 22.6. The highest BCUT2D eigenvalue weighted by atomic mass is 15.2. The molecule has 0 amide bonds. The number of pyridine rings is 1. The van der Waals surface area contributed by atoms with Crippen LogP contribution in [0.25, 0.3) is 11.3 Å². The van der Waals surface area contributed by atoms with Crippen molar-refractivity contribution < 1.29 is 0 Å². The lowest BCUT2D eigenvalue weighted by molar-refractivity contribution is 0.731. The van der Waals surface area contributed by atoms with Gasteiger partial charge in [0.25, 0.3) is 0 Å². The summed E-state index contributed by atoms with van der Waals surface area (Å²) in [5, 5.41) is 18.9. The lowest BCUT2D eigenvalue weighted by atomic mass is 9.62. The van der Waals surface area contributed by atoms with E-state index in [1.807, 2.05) is 12.1 Å². The first kappa shape index (κ1) is 25.0. The Hall–Kier alpha value is -5.97. The van der Waals surface area contributed by atoms with Crippen molar-refractivity contribution in [1.82, 2.24) is 4.98 Å². The molecule has 6 aromatic rings. The molecule has 4 nitrogen and oxygen atoms in total. The van der Waals surface area contributed by atoms with Gasteiger partial charge in [0.2, 0.25) is 0 Å². The standard InChI is InChI=1S/C38H24N4/c39-24-27-23-29(25-40)37(41-26-27)28-19-21-32(22-20-28)42-35-17-9-7-15-33(35)38(30-11-3-1-4-12-30,31-13-5-2-6-14-31)34-16-8-10-18-36(34)42/h1-23,26H. The lowest BCUT2D eigenvalue weighted by Crippen LogP contribution is -2.37. The Balaban J connectivity index is 1.45. The van der Waals surface area contributed by atoms with Crippen LogP contribution in [-0.4, -0.2) is 4.98 Å². The van der Waals surface area contributed by atoms with E-state index in [-0.39, 0.29) is 0 Å². The average molecular weight is 537 g/mol. The van der Waals surface area contributed by atoms with Crippen molar-refractivity contribution in [2.45, 2.75) is 5.41 Å². The second-order valence-corrected chi connectivity index (χ2v) is 10.2. The molecule has 5 aromatic carbocycles. The van der Waals surface area contributed by atoms with E-state index in [0.29, 0.717) is 16.8 Å². The quantitative estimate of drug-likeness (QED) is 0.226. The monoisotopic (exact) mass is 536 g/mol. The summed E-state index contributed by atoms with van der Waals surface area (Å²) in [6.07, 6.45) is 1.51. The number of nitrogens with zero attached hydrogens (tertiary/aromatic N) is 4. The average Bonchev–Trinajstić information content (AvgIpc) is 3.08. The number of hydrogen-bond acceptors (Lipinski definition) is 4. The summed E-state index contributed by atoms with van der Waals surface area (Å²) in [7, 11) is 0.